The lowest BCUT2D eigenvalue weighted by molar-refractivity contribution is 0.0958. The molecule has 2 heterocycles. The first-order valence-electron chi connectivity index (χ1n) is 6.74. The number of amides is 1. The largest absolute Gasteiger partial charge is 0.382 e. The van der Waals surface area contributed by atoms with Crippen molar-refractivity contribution in [1.29, 1.82) is 0 Å². The highest BCUT2D eigenvalue weighted by Gasteiger charge is 2.20. The van der Waals surface area contributed by atoms with Crippen LogP contribution in [0.15, 0.2) is 0 Å². The Balaban J connectivity index is 1.94. The molecule has 1 amide bonds. The Morgan fingerprint density at radius 2 is 2.20 bits per heavy atom. The maximum Gasteiger partial charge on any atom is 0.265 e. The van der Waals surface area contributed by atoms with Gasteiger partial charge in [-0.1, -0.05) is 11.3 Å². The first-order valence-corrected chi connectivity index (χ1v) is 7.56. The van der Waals surface area contributed by atoms with Crippen molar-refractivity contribution >= 4 is 28.2 Å². The third-order valence-corrected chi connectivity index (χ3v) is 4.15. The summed E-state index contributed by atoms with van der Waals surface area (Å²) in [7, 11) is 1.89. The van der Waals surface area contributed by atoms with Crippen LogP contribution in [0.1, 0.15) is 16.1 Å². The highest BCUT2D eigenvalue weighted by atomic mass is 32.1. The van der Waals surface area contributed by atoms with Gasteiger partial charge in [-0.15, -0.1) is 0 Å². The smallest absolute Gasteiger partial charge is 0.265 e. The lowest BCUT2D eigenvalue weighted by Gasteiger charge is -2.25. The minimum absolute atomic E-state index is 0.143. The van der Waals surface area contributed by atoms with E-state index in [0.29, 0.717) is 30.5 Å². The number of aromatic nitrogens is 1. The fraction of sp³-hybridized carbons (Fsp3) is 0.667. The fourth-order valence-corrected chi connectivity index (χ4v) is 2.87. The molecule has 7 nitrogen and oxygen atoms in total. The minimum Gasteiger partial charge on any atom is -0.382 e. The average molecular weight is 299 g/mol. The SMILES string of the molecule is CNCCCNC(=O)c1sc(N2CCOCC2)nc1N. The zero-order valence-electron chi connectivity index (χ0n) is 11.6. The number of hydrogen-bond acceptors (Lipinski definition) is 7. The number of carbonyl (C=O) groups excluding carboxylic acids is 1. The zero-order chi connectivity index (χ0) is 14.4. The molecule has 112 valence electrons. The molecule has 1 aromatic heterocycles. The number of nitrogen functional groups attached to an aromatic ring is 1. The van der Waals surface area contributed by atoms with Crippen LogP contribution < -0.4 is 21.3 Å². The number of ether oxygens (including phenoxy) is 1. The number of carbonyl (C=O) groups is 1. The number of nitrogens with two attached hydrogens (primary N) is 1. The van der Waals surface area contributed by atoms with Crippen molar-refractivity contribution in [2.75, 3.05) is 57.1 Å². The molecule has 0 aliphatic carbocycles. The lowest BCUT2D eigenvalue weighted by Crippen LogP contribution is -2.36. The van der Waals surface area contributed by atoms with Gasteiger partial charge in [0.25, 0.3) is 5.91 Å². The van der Waals surface area contributed by atoms with Crippen LogP contribution in [0.5, 0.6) is 0 Å². The Kier molecular flexibility index (Phi) is 5.57. The number of nitrogens with one attached hydrogen (secondary N) is 2. The number of thiazole rings is 1. The molecule has 1 fully saturated rings. The van der Waals surface area contributed by atoms with Crippen LogP contribution in [0.25, 0.3) is 0 Å². The summed E-state index contributed by atoms with van der Waals surface area (Å²) in [5.41, 5.74) is 5.85. The average Bonchev–Trinajstić information content (AvgIpc) is 2.86. The van der Waals surface area contributed by atoms with E-state index >= 15 is 0 Å². The molecule has 0 atom stereocenters. The van der Waals surface area contributed by atoms with Gasteiger partial charge >= 0.3 is 0 Å². The van der Waals surface area contributed by atoms with E-state index in [1.54, 1.807) is 0 Å². The van der Waals surface area contributed by atoms with E-state index in [4.69, 9.17) is 10.5 Å². The maximum atomic E-state index is 12.0. The van der Waals surface area contributed by atoms with Gasteiger partial charge < -0.3 is 26.0 Å². The first-order chi connectivity index (χ1) is 9.72. The maximum absolute atomic E-state index is 12.0. The van der Waals surface area contributed by atoms with Crippen LogP contribution in [0.2, 0.25) is 0 Å². The summed E-state index contributed by atoms with van der Waals surface area (Å²) in [6.07, 6.45) is 0.886. The van der Waals surface area contributed by atoms with Crippen molar-refractivity contribution in [1.82, 2.24) is 15.6 Å². The van der Waals surface area contributed by atoms with Crippen LogP contribution >= 0.6 is 11.3 Å². The number of anilines is 2. The van der Waals surface area contributed by atoms with Crippen molar-refractivity contribution in [3.63, 3.8) is 0 Å². The molecule has 1 aromatic rings. The molecule has 1 aliphatic rings. The van der Waals surface area contributed by atoms with E-state index in [9.17, 15) is 4.79 Å². The van der Waals surface area contributed by atoms with Gasteiger partial charge in [0.15, 0.2) is 5.13 Å². The summed E-state index contributed by atoms with van der Waals surface area (Å²) in [4.78, 5) is 18.9. The van der Waals surface area contributed by atoms with Crippen LogP contribution in [0, 0.1) is 0 Å². The third-order valence-electron chi connectivity index (χ3n) is 3.02. The Labute approximate surface area is 122 Å². The summed E-state index contributed by atoms with van der Waals surface area (Å²) >= 11 is 1.34. The number of hydrogen-bond donors (Lipinski definition) is 3. The van der Waals surface area contributed by atoms with Gasteiger partial charge in [0.2, 0.25) is 0 Å². The molecule has 2 rings (SSSR count). The molecule has 0 radical (unpaired) electrons. The monoisotopic (exact) mass is 299 g/mol. The molecule has 0 aromatic carbocycles. The van der Waals surface area contributed by atoms with Gasteiger partial charge in [0.1, 0.15) is 10.7 Å². The second-order valence-electron chi connectivity index (χ2n) is 4.52. The number of morpholine rings is 1. The Bertz CT molecular complexity index is 445. The van der Waals surface area contributed by atoms with Crippen LogP contribution in [0.4, 0.5) is 10.9 Å². The Morgan fingerprint density at radius 3 is 2.90 bits per heavy atom. The summed E-state index contributed by atoms with van der Waals surface area (Å²) in [5.74, 6) is 0.165. The third kappa shape index (κ3) is 3.81. The van der Waals surface area contributed by atoms with Crippen molar-refractivity contribution in [3.05, 3.63) is 4.88 Å². The van der Waals surface area contributed by atoms with Crippen LogP contribution in [-0.4, -0.2) is 57.3 Å². The summed E-state index contributed by atoms with van der Waals surface area (Å²) < 4.78 is 5.30. The molecular weight excluding hydrogens is 278 g/mol. The molecule has 0 spiro atoms. The van der Waals surface area contributed by atoms with Crippen LogP contribution in [0.3, 0.4) is 0 Å². The highest BCUT2D eigenvalue weighted by molar-refractivity contribution is 7.18. The molecule has 0 saturated carbocycles. The van der Waals surface area contributed by atoms with E-state index in [0.717, 1.165) is 31.2 Å². The van der Waals surface area contributed by atoms with E-state index < -0.39 is 0 Å². The predicted octanol–water partition coefficient (Wildman–Crippen LogP) is -0.0988. The van der Waals surface area contributed by atoms with Crippen molar-refractivity contribution < 1.29 is 9.53 Å². The van der Waals surface area contributed by atoms with E-state index in [1.807, 2.05) is 7.05 Å². The van der Waals surface area contributed by atoms with Gasteiger partial charge in [-0.2, -0.15) is 0 Å². The summed E-state index contributed by atoms with van der Waals surface area (Å²) in [6.45, 7) is 4.45. The summed E-state index contributed by atoms with van der Waals surface area (Å²) in [6, 6.07) is 0. The number of rotatable bonds is 6. The fourth-order valence-electron chi connectivity index (χ4n) is 1.92. The molecule has 0 bridgehead atoms. The quantitative estimate of drug-likeness (QED) is 0.635. The minimum atomic E-state index is -0.143. The Hall–Kier alpha value is -1.38. The first kappa shape index (κ1) is 15.0. The standard InChI is InChI=1S/C12H21N5O2S/c1-14-3-2-4-15-11(18)9-10(13)16-12(20-9)17-5-7-19-8-6-17/h14H,2-8,13H2,1H3,(H,15,18). The van der Waals surface area contributed by atoms with Gasteiger partial charge in [-0.25, -0.2) is 4.98 Å². The number of nitrogens with zero attached hydrogens (tertiary/aromatic N) is 2. The zero-order valence-corrected chi connectivity index (χ0v) is 12.5. The lowest BCUT2D eigenvalue weighted by atomic mass is 10.4. The van der Waals surface area contributed by atoms with E-state index in [2.05, 4.69) is 20.5 Å². The summed E-state index contributed by atoms with van der Waals surface area (Å²) in [5, 5.41) is 6.69. The van der Waals surface area contributed by atoms with E-state index in [1.165, 1.54) is 11.3 Å². The molecule has 4 N–H and O–H groups in total. The molecular formula is C12H21N5O2S. The van der Waals surface area contributed by atoms with Gasteiger partial charge in [-0.3, -0.25) is 4.79 Å². The predicted molar refractivity (Wildman–Crippen MR) is 80.4 cm³/mol. The highest BCUT2D eigenvalue weighted by Crippen LogP contribution is 2.28. The molecule has 20 heavy (non-hydrogen) atoms. The van der Waals surface area contributed by atoms with Crippen LogP contribution in [-0.2, 0) is 4.74 Å². The van der Waals surface area contributed by atoms with Crippen molar-refractivity contribution in [2.24, 2.45) is 0 Å². The van der Waals surface area contributed by atoms with Gasteiger partial charge in [0.05, 0.1) is 13.2 Å². The van der Waals surface area contributed by atoms with Crippen molar-refractivity contribution in [3.8, 4) is 0 Å². The Morgan fingerprint density at radius 1 is 1.45 bits per heavy atom. The second-order valence-corrected chi connectivity index (χ2v) is 5.50. The van der Waals surface area contributed by atoms with Gasteiger partial charge in [-0.05, 0) is 20.0 Å². The van der Waals surface area contributed by atoms with Crippen molar-refractivity contribution in [2.45, 2.75) is 6.42 Å². The topological polar surface area (TPSA) is 92.5 Å². The normalized spacial score (nSPS) is 15.3. The second kappa shape index (κ2) is 7.41. The van der Waals surface area contributed by atoms with E-state index in [-0.39, 0.29) is 5.91 Å². The molecule has 1 saturated heterocycles. The van der Waals surface area contributed by atoms with Gasteiger partial charge in [0, 0.05) is 19.6 Å². The molecule has 8 heteroatoms. The molecule has 1 aliphatic heterocycles. The molecule has 0 unspecified atom stereocenters.